The van der Waals surface area contributed by atoms with Gasteiger partial charge in [0.15, 0.2) is 11.5 Å². The lowest BCUT2D eigenvalue weighted by Crippen LogP contribution is -2.39. The summed E-state index contributed by atoms with van der Waals surface area (Å²) in [6, 6.07) is 2.61. The fourth-order valence-corrected chi connectivity index (χ4v) is 2.68. The van der Waals surface area contributed by atoms with Crippen LogP contribution in [0.3, 0.4) is 0 Å². The highest BCUT2D eigenvalue weighted by atomic mass is 35.5. The number of aromatic nitrogens is 3. The second-order valence-electron chi connectivity index (χ2n) is 5.84. The maximum Gasteiger partial charge on any atom is 0.434 e. The molecule has 0 bridgehead atoms. The van der Waals surface area contributed by atoms with Gasteiger partial charge in [-0.3, -0.25) is 4.79 Å². The number of carbonyl (C=O) groups is 1. The molecular weight excluding hydrogens is 359 g/mol. The van der Waals surface area contributed by atoms with Crippen LogP contribution in [0, 0.1) is 5.92 Å². The zero-order chi connectivity index (χ0) is 18.2. The first-order valence-electron chi connectivity index (χ1n) is 7.59. The summed E-state index contributed by atoms with van der Waals surface area (Å²) in [6.45, 7) is 0.107. The van der Waals surface area contributed by atoms with Crippen LogP contribution in [0.15, 0.2) is 24.5 Å². The van der Waals surface area contributed by atoms with Crippen LogP contribution in [-0.4, -0.2) is 33.3 Å². The summed E-state index contributed by atoms with van der Waals surface area (Å²) in [4.78, 5) is 16.0. The molecule has 0 radical (unpaired) electrons. The molecule has 2 heterocycles. The maximum atomic E-state index is 13.5. The number of halogens is 4. The van der Waals surface area contributed by atoms with Crippen LogP contribution in [0.25, 0.3) is 5.82 Å². The summed E-state index contributed by atoms with van der Waals surface area (Å²) in [5, 5.41) is 6.09. The number of hydrogen-bond donors (Lipinski definition) is 2. The van der Waals surface area contributed by atoms with Crippen molar-refractivity contribution in [3.8, 4) is 5.82 Å². The van der Waals surface area contributed by atoms with Gasteiger partial charge in [-0.1, -0.05) is 11.6 Å². The quantitative estimate of drug-likeness (QED) is 0.842. The number of nitrogens with zero attached hydrogens (tertiary/aromatic N) is 3. The van der Waals surface area contributed by atoms with Crippen molar-refractivity contribution in [1.82, 2.24) is 20.1 Å². The lowest BCUT2D eigenvalue weighted by atomic mass is 10.2. The number of alkyl halides is 3. The van der Waals surface area contributed by atoms with Crippen LogP contribution >= 0.6 is 11.6 Å². The molecule has 1 fully saturated rings. The van der Waals surface area contributed by atoms with Crippen LogP contribution in [0.4, 0.5) is 13.2 Å². The first kappa shape index (κ1) is 17.7. The smallest absolute Gasteiger partial charge is 0.350 e. The third kappa shape index (κ3) is 3.77. The summed E-state index contributed by atoms with van der Waals surface area (Å²) in [5.74, 6) is -0.774. The van der Waals surface area contributed by atoms with Gasteiger partial charge in [0.1, 0.15) is 0 Å². The number of hydrogen-bond acceptors (Lipinski definition) is 4. The average molecular weight is 374 g/mol. The highest BCUT2D eigenvalue weighted by Crippen LogP contribution is 2.35. The van der Waals surface area contributed by atoms with Gasteiger partial charge in [-0.05, 0) is 30.9 Å². The van der Waals surface area contributed by atoms with Crippen molar-refractivity contribution >= 4 is 17.5 Å². The zero-order valence-corrected chi connectivity index (χ0v) is 13.7. The highest BCUT2D eigenvalue weighted by molar-refractivity contribution is 6.32. The Labute approximate surface area is 146 Å². The molecule has 10 heteroatoms. The minimum Gasteiger partial charge on any atom is -0.350 e. The molecule has 2 aromatic rings. The van der Waals surface area contributed by atoms with Crippen molar-refractivity contribution in [2.45, 2.75) is 25.1 Å². The Morgan fingerprint density at radius 3 is 2.80 bits per heavy atom. The molecule has 6 nitrogen and oxygen atoms in total. The van der Waals surface area contributed by atoms with E-state index >= 15 is 0 Å². The normalized spacial score (nSPS) is 15.9. The third-order valence-electron chi connectivity index (χ3n) is 3.95. The second-order valence-corrected chi connectivity index (χ2v) is 6.24. The van der Waals surface area contributed by atoms with E-state index in [9.17, 15) is 18.0 Å². The Balaban J connectivity index is 1.92. The van der Waals surface area contributed by atoms with Crippen LogP contribution in [0.5, 0.6) is 0 Å². The zero-order valence-electron chi connectivity index (χ0n) is 12.9. The molecule has 3 N–H and O–H groups in total. The van der Waals surface area contributed by atoms with E-state index in [2.05, 4.69) is 15.4 Å². The van der Waals surface area contributed by atoms with E-state index in [1.54, 1.807) is 0 Å². The predicted molar refractivity (Wildman–Crippen MR) is 84.4 cm³/mol. The van der Waals surface area contributed by atoms with Gasteiger partial charge in [0.05, 0.1) is 16.8 Å². The SMILES string of the molecule is NC(CNC(=O)c1cnn(-c2ncccc2Cl)c1C(F)(F)F)C1CC1. The average Bonchev–Trinajstić information content (AvgIpc) is 3.30. The molecule has 0 aliphatic heterocycles. The molecule has 25 heavy (non-hydrogen) atoms. The Morgan fingerprint density at radius 2 is 2.20 bits per heavy atom. The Hall–Kier alpha value is -2.13. The van der Waals surface area contributed by atoms with Gasteiger partial charge < -0.3 is 11.1 Å². The van der Waals surface area contributed by atoms with Gasteiger partial charge in [-0.2, -0.15) is 18.3 Å². The molecule has 1 unspecified atom stereocenters. The predicted octanol–water partition coefficient (Wildman–Crippen LogP) is 2.41. The molecule has 0 spiro atoms. The molecule has 134 valence electrons. The number of pyridine rings is 1. The minimum absolute atomic E-state index is 0.0150. The first-order valence-corrected chi connectivity index (χ1v) is 7.96. The number of rotatable bonds is 5. The van der Waals surface area contributed by atoms with Gasteiger partial charge >= 0.3 is 6.18 Å². The number of amides is 1. The van der Waals surface area contributed by atoms with E-state index < -0.39 is 23.3 Å². The minimum atomic E-state index is -4.82. The van der Waals surface area contributed by atoms with Crippen molar-refractivity contribution in [3.05, 3.63) is 40.8 Å². The third-order valence-corrected chi connectivity index (χ3v) is 4.24. The molecule has 1 aliphatic rings. The van der Waals surface area contributed by atoms with Gasteiger partial charge in [0.2, 0.25) is 0 Å². The van der Waals surface area contributed by atoms with Crippen LogP contribution < -0.4 is 11.1 Å². The highest BCUT2D eigenvalue weighted by Gasteiger charge is 2.41. The van der Waals surface area contributed by atoms with E-state index in [0.29, 0.717) is 10.6 Å². The number of carbonyl (C=O) groups excluding carboxylic acids is 1. The van der Waals surface area contributed by atoms with Gasteiger partial charge in [-0.15, -0.1) is 0 Å². The molecule has 1 atom stereocenters. The standard InChI is InChI=1S/C15H15ClF3N5O/c16-10-2-1-5-21-13(10)24-12(15(17,18)19)9(6-23-24)14(25)22-7-11(20)8-3-4-8/h1-2,5-6,8,11H,3-4,7,20H2,(H,22,25). The van der Waals surface area contributed by atoms with E-state index in [1.165, 1.54) is 18.3 Å². The molecular formula is C15H15ClF3N5O. The van der Waals surface area contributed by atoms with E-state index in [4.69, 9.17) is 17.3 Å². The molecule has 3 rings (SSSR count). The van der Waals surface area contributed by atoms with Crippen molar-refractivity contribution in [2.24, 2.45) is 11.7 Å². The maximum absolute atomic E-state index is 13.5. The van der Waals surface area contributed by atoms with Gasteiger partial charge in [0.25, 0.3) is 5.91 Å². The van der Waals surface area contributed by atoms with Crippen molar-refractivity contribution in [1.29, 1.82) is 0 Å². The van der Waals surface area contributed by atoms with Gasteiger partial charge in [0, 0.05) is 18.8 Å². The van der Waals surface area contributed by atoms with Crippen LogP contribution in [0.1, 0.15) is 28.9 Å². The first-order chi connectivity index (χ1) is 11.8. The fraction of sp³-hybridized carbons (Fsp3) is 0.400. The Bertz CT molecular complexity index is 788. The van der Waals surface area contributed by atoms with Crippen molar-refractivity contribution < 1.29 is 18.0 Å². The van der Waals surface area contributed by atoms with E-state index in [-0.39, 0.29) is 23.4 Å². The Kier molecular flexibility index (Phi) is 4.70. The molecule has 2 aromatic heterocycles. The Morgan fingerprint density at radius 1 is 1.48 bits per heavy atom. The summed E-state index contributed by atoms with van der Waals surface area (Å²) in [7, 11) is 0. The van der Waals surface area contributed by atoms with Gasteiger partial charge in [-0.25, -0.2) is 9.67 Å². The van der Waals surface area contributed by atoms with Crippen molar-refractivity contribution in [2.75, 3.05) is 6.54 Å². The summed E-state index contributed by atoms with van der Waals surface area (Å²) in [5.41, 5.74) is 4.03. The summed E-state index contributed by atoms with van der Waals surface area (Å²) < 4.78 is 41.1. The fourth-order valence-electron chi connectivity index (χ4n) is 2.48. The number of nitrogens with one attached hydrogen (secondary N) is 1. The molecule has 1 aliphatic carbocycles. The lowest BCUT2D eigenvalue weighted by molar-refractivity contribution is -0.143. The molecule has 0 saturated heterocycles. The van der Waals surface area contributed by atoms with Crippen molar-refractivity contribution in [3.63, 3.8) is 0 Å². The van der Waals surface area contributed by atoms with E-state index in [0.717, 1.165) is 19.0 Å². The second kappa shape index (κ2) is 6.64. The lowest BCUT2D eigenvalue weighted by Gasteiger charge is -2.14. The van der Waals surface area contributed by atoms with Crippen LogP contribution in [0.2, 0.25) is 5.02 Å². The molecule has 0 aromatic carbocycles. The topological polar surface area (TPSA) is 85.8 Å². The van der Waals surface area contributed by atoms with E-state index in [1.807, 2.05) is 0 Å². The monoisotopic (exact) mass is 373 g/mol. The summed E-state index contributed by atoms with van der Waals surface area (Å²) >= 11 is 5.91. The number of nitrogens with two attached hydrogens (primary N) is 1. The van der Waals surface area contributed by atoms with Crippen LogP contribution in [-0.2, 0) is 6.18 Å². The molecule has 1 saturated carbocycles. The molecule has 1 amide bonds. The largest absolute Gasteiger partial charge is 0.434 e. The summed E-state index contributed by atoms with van der Waals surface area (Å²) in [6.07, 6.45) is -0.728.